The molecule has 0 aromatic heterocycles. The van der Waals surface area contributed by atoms with Crippen molar-refractivity contribution in [1.82, 2.24) is 4.90 Å². The van der Waals surface area contributed by atoms with Crippen LogP contribution in [0.5, 0.6) is 17.2 Å². The Labute approximate surface area is 154 Å². The van der Waals surface area contributed by atoms with Gasteiger partial charge in [0.25, 0.3) is 0 Å². The second-order valence-electron chi connectivity index (χ2n) is 6.00. The van der Waals surface area contributed by atoms with E-state index in [1.54, 1.807) is 19.3 Å². The van der Waals surface area contributed by atoms with Crippen molar-refractivity contribution in [3.05, 3.63) is 57.3 Å². The second kappa shape index (κ2) is 6.90. The molecule has 0 radical (unpaired) electrons. The van der Waals surface area contributed by atoms with Crippen molar-refractivity contribution in [2.45, 2.75) is 6.54 Å². The molecule has 1 heterocycles. The van der Waals surface area contributed by atoms with Gasteiger partial charge >= 0.3 is 0 Å². The number of allylic oxidation sites excluding steroid dienone is 1. The van der Waals surface area contributed by atoms with Crippen LogP contribution >= 0.6 is 15.9 Å². The number of carbonyl (C=O) groups excluding carboxylic acids is 1. The molecule has 0 atom stereocenters. The lowest BCUT2D eigenvalue weighted by molar-refractivity contribution is 0.101. The number of phenols is 1. The maximum atomic E-state index is 12.7. The van der Waals surface area contributed by atoms with Crippen LogP contribution in [0.4, 0.5) is 0 Å². The third-order valence-electron chi connectivity index (χ3n) is 3.87. The zero-order chi connectivity index (χ0) is 18.1. The largest absolute Gasteiger partial charge is 0.507 e. The molecule has 0 unspecified atom stereocenters. The summed E-state index contributed by atoms with van der Waals surface area (Å²) in [7, 11) is 5.35. The predicted octanol–water partition coefficient (Wildman–Crippen LogP) is 3.84. The lowest BCUT2D eigenvalue weighted by Crippen LogP contribution is -2.11. The van der Waals surface area contributed by atoms with E-state index >= 15 is 0 Å². The van der Waals surface area contributed by atoms with E-state index < -0.39 is 0 Å². The molecule has 0 bridgehead atoms. The summed E-state index contributed by atoms with van der Waals surface area (Å²) < 4.78 is 12.0. The van der Waals surface area contributed by atoms with Gasteiger partial charge in [0.1, 0.15) is 17.2 Å². The molecule has 5 nitrogen and oxygen atoms in total. The Morgan fingerprint density at radius 2 is 2.04 bits per heavy atom. The first-order valence-electron chi connectivity index (χ1n) is 7.68. The zero-order valence-electron chi connectivity index (χ0n) is 14.2. The highest BCUT2D eigenvalue weighted by molar-refractivity contribution is 9.10. The van der Waals surface area contributed by atoms with E-state index in [-0.39, 0.29) is 17.3 Å². The number of hydrogen-bond donors (Lipinski definition) is 1. The van der Waals surface area contributed by atoms with Crippen LogP contribution in [0.1, 0.15) is 21.5 Å². The summed E-state index contributed by atoms with van der Waals surface area (Å²) in [6, 6.07) is 8.64. The maximum Gasteiger partial charge on any atom is 0.231 e. The number of carbonyl (C=O) groups is 1. The normalized spacial score (nSPS) is 14.8. The van der Waals surface area contributed by atoms with Gasteiger partial charge in [0.2, 0.25) is 5.78 Å². The molecular weight excluding hydrogens is 386 g/mol. The number of halogens is 1. The molecule has 0 saturated carbocycles. The minimum Gasteiger partial charge on any atom is -0.507 e. The first-order valence-corrected chi connectivity index (χ1v) is 8.47. The van der Waals surface area contributed by atoms with Crippen molar-refractivity contribution in [3.8, 4) is 17.2 Å². The van der Waals surface area contributed by atoms with Gasteiger partial charge in [-0.05, 0) is 50.5 Å². The first-order chi connectivity index (χ1) is 11.9. The fourth-order valence-corrected chi connectivity index (χ4v) is 3.10. The van der Waals surface area contributed by atoms with E-state index in [1.165, 1.54) is 6.07 Å². The van der Waals surface area contributed by atoms with Gasteiger partial charge in [0, 0.05) is 16.6 Å². The van der Waals surface area contributed by atoms with E-state index in [2.05, 4.69) is 15.9 Å². The molecule has 2 aromatic carbocycles. The van der Waals surface area contributed by atoms with Gasteiger partial charge in [-0.15, -0.1) is 0 Å². The highest BCUT2D eigenvalue weighted by Crippen LogP contribution is 2.40. The molecule has 1 aliphatic rings. The Balaban J connectivity index is 2.05. The number of methoxy groups -OCH3 is 1. The predicted molar refractivity (Wildman–Crippen MR) is 99.1 cm³/mol. The number of aromatic hydroxyl groups is 1. The van der Waals surface area contributed by atoms with E-state index in [4.69, 9.17) is 9.47 Å². The number of Topliss-reactive ketones (excluding diaryl/α,β-unsaturated/α-hetero) is 1. The molecule has 0 spiro atoms. The lowest BCUT2D eigenvalue weighted by atomic mass is 10.0. The summed E-state index contributed by atoms with van der Waals surface area (Å²) in [6.45, 7) is 0.468. The molecule has 130 valence electrons. The average molecular weight is 404 g/mol. The Morgan fingerprint density at radius 3 is 2.72 bits per heavy atom. The molecule has 0 saturated heterocycles. The van der Waals surface area contributed by atoms with Gasteiger partial charge in [0.15, 0.2) is 5.76 Å². The van der Waals surface area contributed by atoms with Gasteiger partial charge in [-0.25, -0.2) is 0 Å². The van der Waals surface area contributed by atoms with Crippen molar-refractivity contribution < 1.29 is 19.4 Å². The van der Waals surface area contributed by atoms with Crippen LogP contribution in [0.3, 0.4) is 0 Å². The quantitative estimate of drug-likeness (QED) is 0.785. The SMILES string of the molecule is COc1ccc(Br)cc1/C=C1\Oc2c(ccc(O)c2CN(C)C)C1=O. The smallest absolute Gasteiger partial charge is 0.231 e. The summed E-state index contributed by atoms with van der Waals surface area (Å²) in [5.74, 6) is 1.16. The number of rotatable bonds is 4. The molecule has 0 aliphatic carbocycles. The van der Waals surface area contributed by atoms with Crippen molar-refractivity contribution >= 4 is 27.8 Å². The number of nitrogens with zero attached hydrogens (tertiary/aromatic N) is 1. The van der Waals surface area contributed by atoms with Gasteiger partial charge in [-0.1, -0.05) is 15.9 Å². The van der Waals surface area contributed by atoms with Gasteiger partial charge in [0.05, 0.1) is 18.2 Å². The standard InChI is InChI=1S/C19H18BrNO4/c1-21(2)10-14-15(22)6-5-13-18(23)17(25-19(13)14)9-11-8-12(20)4-7-16(11)24-3/h4-9,22H,10H2,1-3H3/b17-9-. The lowest BCUT2D eigenvalue weighted by Gasteiger charge is -2.14. The summed E-state index contributed by atoms with van der Waals surface area (Å²) >= 11 is 3.42. The minimum atomic E-state index is -0.211. The highest BCUT2D eigenvalue weighted by atomic mass is 79.9. The molecule has 1 N–H and O–H groups in total. The number of fused-ring (bicyclic) bond motifs is 1. The van der Waals surface area contributed by atoms with E-state index in [0.717, 1.165) is 10.0 Å². The molecular formula is C19H18BrNO4. The number of phenolic OH excluding ortho intramolecular Hbond substituents is 1. The average Bonchev–Trinajstić information content (AvgIpc) is 2.87. The van der Waals surface area contributed by atoms with Crippen LogP contribution < -0.4 is 9.47 Å². The Kier molecular flexibility index (Phi) is 4.83. The molecule has 1 aliphatic heterocycles. The number of ether oxygens (including phenoxy) is 2. The first kappa shape index (κ1) is 17.5. The van der Waals surface area contributed by atoms with Crippen molar-refractivity contribution in [1.29, 1.82) is 0 Å². The molecule has 0 fully saturated rings. The van der Waals surface area contributed by atoms with Crippen molar-refractivity contribution in [3.63, 3.8) is 0 Å². The minimum absolute atomic E-state index is 0.113. The van der Waals surface area contributed by atoms with E-state index in [0.29, 0.717) is 29.2 Å². The fraction of sp³-hybridized carbons (Fsp3) is 0.211. The van der Waals surface area contributed by atoms with Gasteiger partial charge < -0.3 is 19.5 Å². The second-order valence-corrected chi connectivity index (χ2v) is 6.92. The number of ketones is 1. The number of benzene rings is 2. The van der Waals surface area contributed by atoms with Crippen LogP contribution in [-0.4, -0.2) is 37.0 Å². The Morgan fingerprint density at radius 1 is 1.28 bits per heavy atom. The van der Waals surface area contributed by atoms with Crippen LogP contribution in [0.2, 0.25) is 0 Å². The molecule has 2 aromatic rings. The topological polar surface area (TPSA) is 59.0 Å². The Bertz CT molecular complexity index is 874. The van der Waals surface area contributed by atoms with E-state index in [1.807, 2.05) is 37.2 Å². The molecule has 0 amide bonds. The summed E-state index contributed by atoms with van der Waals surface area (Å²) in [5.41, 5.74) is 1.78. The van der Waals surface area contributed by atoms with Crippen LogP contribution in [-0.2, 0) is 6.54 Å². The third kappa shape index (κ3) is 3.41. The van der Waals surface area contributed by atoms with Crippen LogP contribution in [0.25, 0.3) is 6.08 Å². The third-order valence-corrected chi connectivity index (χ3v) is 4.36. The van der Waals surface area contributed by atoms with Gasteiger partial charge in [-0.3, -0.25) is 4.79 Å². The van der Waals surface area contributed by atoms with Crippen molar-refractivity contribution in [2.75, 3.05) is 21.2 Å². The van der Waals surface area contributed by atoms with Crippen LogP contribution in [0, 0.1) is 0 Å². The van der Waals surface area contributed by atoms with Crippen molar-refractivity contribution in [2.24, 2.45) is 0 Å². The summed E-state index contributed by atoms with van der Waals surface area (Å²) in [4.78, 5) is 14.6. The summed E-state index contributed by atoms with van der Waals surface area (Å²) in [5, 5.41) is 10.1. The zero-order valence-corrected chi connectivity index (χ0v) is 15.8. The number of hydrogen-bond acceptors (Lipinski definition) is 5. The highest BCUT2D eigenvalue weighted by Gasteiger charge is 2.31. The monoisotopic (exact) mass is 403 g/mol. The molecule has 3 rings (SSSR count). The van der Waals surface area contributed by atoms with Gasteiger partial charge in [-0.2, -0.15) is 0 Å². The summed E-state index contributed by atoms with van der Waals surface area (Å²) in [6.07, 6.45) is 1.66. The molecule has 6 heteroatoms. The van der Waals surface area contributed by atoms with Crippen LogP contribution in [0.15, 0.2) is 40.6 Å². The molecule has 25 heavy (non-hydrogen) atoms. The Hall–Kier alpha value is -2.31. The maximum absolute atomic E-state index is 12.7. The fourth-order valence-electron chi connectivity index (χ4n) is 2.73. The van der Waals surface area contributed by atoms with E-state index in [9.17, 15) is 9.90 Å².